The summed E-state index contributed by atoms with van der Waals surface area (Å²) in [6.45, 7) is 6.26. The van der Waals surface area contributed by atoms with Crippen molar-refractivity contribution in [2.24, 2.45) is 0 Å². The normalized spacial score (nSPS) is 13.3. The Labute approximate surface area is 161 Å². The lowest BCUT2D eigenvalue weighted by Gasteiger charge is -2.20. The topological polar surface area (TPSA) is 77.6 Å². The zero-order chi connectivity index (χ0) is 18.1. The number of rotatable bonds is 2. The molecular formula is C22H24ClN3. The molecule has 0 bridgehead atoms. The number of hydrogen-bond acceptors (Lipinski definition) is 2. The van der Waals surface area contributed by atoms with Crippen LogP contribution in [0.3, 0.4) is 0 Å². The predicted octanol–water partition coefficient (Wildman–Crippen LogP) is -0.0101. The minimum atomic E-state index is 0. The Morgan fingerprint density at radius 3 is 1.73 bits per heavy atom. The molecule has 1 aliphatic rings. The maximum atomic E-state index is 5.96. The molecule has 0 saturated heterocycles. The van der Waals surface area contributed by atoms with E-state index in [0.717, 1.165) is 50.5 Å². The van der Waals surface area contributed by atoms with Gasteiger partial charge in [0.15, 0.2) is 5.71 Å². The van der Waals surface area contributed by atoms with Crippen LogP contribution in [0.2, 0.25) is 0 Å². The summed E-state index contributed by atoms with van der Waals surface area (Å²) in [5.41, 5.74) is 22.3. The van der Waals surface area contributed by atoms with Crippen LogP contribution < -0.4 is 29.3 Å². The van der Waals surface area contributed by atoms with Crippen LogP contribution in [0.1, 0.15) is 29.2 Å². The van der Waals surface area contributed by atoms with E-state index in [9.17, 15) is 0 Å². The van der Waals surface area contributed by atoms with Gasteiger partial charge in [0, 0.05) is 23.5 Å². The van der Waals surface area contributed by atoms with Crippen LogP contribution in [0.15, 0.2) is 65.8 Å². The minimum Gasteiger partial charge on any atom is -1.00 e. The van der Waals surface area contributed by atoms with Gasteiger partial charge in [-0.3, -0.25) is 5.41 Å². The standard InChI is InChI=1S/C22H23N3.ClH/c1-13-10-16(23)4-7-19(13)22(20-8-5-17(24)11-14(20)2)21-9-6-18(25)12-15(21)3;/h4-12,23H,24-25H2,1-3H3;1H. The van der Waals surface area contributed by atoms with Crippen molar-refractivity contribution < 1.29 is 17.8 Å². The van der Waals surface area contributed by atoms with Gasteiger partial charge in [-0.1, -0.05) is 12.1 Å². The first-order chi connectivity index (χ1) is 11.9. The zero-order valence-electron chi connectivity index (χ0n) is 15.3. The van der Waals surface area contributed by atoms with E-state index in [2.05, 4.69) is 39.0 Å². The van der Waals surface area contributed by atoms with Gasteiger partial charge < -0.3 is 23.9 Å². The summed E-state index contributed by atoms with van der Waals surface area (Å²) in [4.78, 5) is 0. The average Bonchev–Trinajstić information content (AvgIpc) is 2.52. The lowest BCUT2D eigenvalue weighted by atomic mass is 9.84. The zero-order valence-corrected chi connectivity index (χ0v) is 16.1. The third-order valence-electron chi connectivity index (χ3n) is 4.56. The Bertz CT molecular complexity index is 912. The van der Waals surface area contributed by atoms with Crippen LogP contribution in [-0.2, 0) is 0 Å². The van der Waals surface area contributed by atoms with Gasteiger partial charge in [0.1, 0.15) is 0 Å². The van der Waals surface area contributed by atoms with E-state index >= 15 is 0 Å². The second-order valence-corrected chi connectivity index (χ2v) is 6.60. The van der Waals surface area contributed by atoms with Crippen molar-refractivity contribution in [1.29, 1.82) is 0 Å². The lowest BCUT2D eigenvalue weighted by molar-refractivity contribution is -0.110. The predicted molar refractivity (Wildman–Crippen MR) is 107 cm³/mol. The number of hydrogen-bond donors (Lipinski definition) is 3. The number of benzene rings is 2. The molecule has 0 unspecified atom stereocenters. The number of allylic oxidation sites excluding steroid dienone is 5. The van der Waals surface area contributed by atoms with Gasteiger partial charge in [0.25, 0.3) is 0 Å². The van der Waals surface area contributed by atoms with Crippen LogP contribution in [-0.4, -0.2) is 5.71 Å². The molecule has 26 heavy (non-hydrogen) atoms. The van der Waals surface area contributed by atoms with E-state index in [4.69, 9.17) is 16.9 Å². The van der Waals surface area contributed by atoms with Crippen molar-refractivity contribution in [3.05, 3.63) is 88.0 Å². The molecule has 0 atom stereocenters. The van der Waals surface area contributed by atoms with Gasteiger partial charge in [-0.2, -0.15) is 0 Å². The SMILES string of the molecule is CC1=CC(=[NH2+])C=CC1=C(c1ccc(N)cc1C)c1ccc(N)cc1C.[Cl-]. The van der Waals surface area contributed by atoms with Gasteiger partial charge >= 0.3 is 0 Å². The molecule has 2 aromatic carbocycles. The van der Waals surface area contributed by atoms with Crippen molar-refractivity contribution in [2.75, 3.05) is 11.5 Å². The van der Waals surface area contributed by atoms with E-state index in [0.29, 0.717) is 0 Å². The van der Waals surface area contributed by atoms with Crippen molar-refractivity contribution >= 4 is 22.7 Å². The summed E-state index contributed by atoms with van der Waals surface area (Å²) < 4.78 is 0. The summed E-state index contributed by atoms with van der Waals surface area (Å²) in [5.74, 6) is 0. The molecule has 0 aromatic heterocycles. The Morgan fingerprint density at radius 2 is 1.31 bits per heavy atom. The second kappa shape index (κ2) is 7.63. The average molecular weight is 366 g/mol. The highest BCUT2D eigenvalue weighted by Crippen LogP contribution is 2.36. The molecular weight excluding hydrogens is 342 g/mol. The highest BCUT2D eigenvalue weighted by molar-refractivity contribution is 6.04. The van der Waals surface area contributed by atoms with Crippen molar-refractivity contribution in [3.63, 3.8) is 0 Å². The molecule has 3 nitrogen and oxygen atoms in total. The Morgan fingerprint density at radius 1 is 0.808 bits per heavy atom. The molecule has 0 spiro atoms. The maximum absolute atomic E-state index is 5.96. The Hall–Kier alpha value is -2.78. The second-order valence-electron chi connectivity index (χ2n) is 6.60. The fourth-order valence-corrected chi connectivity index (χ4v) is 3.34. The van der Waals surface area contributed by atoms with Gasteiger partial charge in [-0.05, 0) is 90.1 Å². The molecule has 0 amide bonds. The van der Waals surface area contributed by atoms with Crippen LogP contribution >= 0.6 is 0 Å². The third-order valence-corrected chi connectivity index (χ3v) is 4.56. The molecule has 2 aromatic rings. The van der Waals surface area contributed by atoms with E-state index in [1.165, 1.54) is 5.57 Å². The van der Waals surface area contributed by atoms with Crippen molar-refractivity contribution in [2.45, 2.75) is 20.8 Å². The van der Waals surface area contributed by atoms with Crippen LogP contribution in [0.4, 0.5) is 11.4 Å². The van der Waals surface area contributed by atoms with E-state index in [1.54, 1.807) is 0 Å². The summed E-state index contributed by atoms with van der Waals surface area (Å²) >= 11 is 0. The molecule has 3 rings (SSSR count). The van der Waals surface area contributed by atoms with Gasteiger partial charge in [-0.15, -0.1) is 0 Å². The molecule has 1 aliphatic carbocycles. The number of aryl methyl sites for hydroxylation is 2. The van der Waals surface area contributed by atoms with Crippen molar-refractivity contribution in [3.8, 4) is 0 Å². The summed E-state index contributed by atoms with van der Waals surface area (Å²) in [5, 5.41) is 5.96. The van der Waals surface area contributed by atoms with E-state index in [1.807, 2.05) is 36.4 Å². The summed E-state index contributed by atoms with van der Waals surface area (Å²) in [7, 11) is 0. The molecule has 0 radical (unpaired) electrons. The molecule has 0 heterocycles. The number of anilines is 2. The van der Waals surface area contributed by atoms with E-state index < -0.39 is 0 Å². The maximum Gasteiger partial charge on any atom is 0.196 e. The smallest absolute Gasteiger partial charge is 0.196 e. The number of halogens is 1. The highest BCUT2D eigenvalue weighted by Gasteiger charge is 2.18. The van der Waals surface area contributed by atoms with Crippen LogP contribution in [0, 0.1) is 13.8 Å². The van der Waals surface area contributed by atoms with Crippen molar-refractivity contribution in [1.82, 2.24) is 0 Å². The monoisotopic (exact) mass is 365 g/mol. The van der Waals surface area contributed by atoms with Crippen LogP contribution in [0.5, 0.6) is 0 Å². The lowest BCUT2D eigenvalue weighted by Crippen LogP contribution is -3.00. The van der Waals surface area contributed by atoms with Gasteiger partial charge in [0.05, 0.1) is 0 Å². The summed E-state index contributed by atoms with van der Waals surface area (Å²) in [6.07, 6.45) is 6.04. The largest absolute Gasteiger partial charge is 1.00 e. The van der Waals surface area contributed by atoms with E-state index in [-0.39, 0.29) is 12.4 Å². The molecule has 0 aliphatic heterocycles. The fourth-order valence-electron chi connectivity index (χ4n) is 3.34. The third kappa shape index (κ3) is 3.73. The van der Waals surface area contributed by atoms with Gasteiger partial charge in [-0.25, -0.2) is 0 Å². The quantitative estimate of drug-likeness (QED) is 0.655. The minimum absolute atomic E-state index is 0. The molecule has 6 N–H and O–H groups in total. The number of nitrogen functional groups attached to an aromatic ring is 2. The first kappa shape index (κ1) is 19.5. The fraction of sp³-hybridized carbons (Fsp3) is 0.136. The molecule has 134 valence electrons. The highest BCUT2D eigenvalue weighted by atomic mass is 35.5. The number of nitrogens with two attached hydrogens (primary N) is 3. The summed E-state index contributed by atoms with van der Waals surface area (Å²) in [6, 6.07) is 12.1. The molecule has 0 fully saturated rings. The van der Waals surface area contributed by atoms with Gasteiger partial charge in [0.2, 0.25) is 0 Å². The Kier molecular flexibility index (Phi) is 5.73. The first-order valence-corrected chi connectivity index (χ1v) is 8.33. The molecule has 4 heteroatoms. The molecule has 0 saturated carbocycles. The van der Waals surface area contributed by atoms with Crippen LogP contribution in [0.25, 0.3) is 5.57 Å². The first-order valence-electron chi connectivity index (χ1n) is 8.33. The Balaban J connectivity index is 0.00000243.